The quantitative estimate of drug-likeness (QED) is 0.711. The van der Waals surface area contributed by atoms with Crippen LogP contribution in [0.2, 0.25) is 0 Å². The Labute approximate surface area is 108 Å². The van der Waals surface area contributed by atoms with E-state index in [1.165, 1.54) is 13.2 Å². The molecular weight excluding hydrogens is 242 g/mol. The van der Waals surface area contributed by atoms with Crippen LogP contribution in [0.4, 0.5) is 0 Å². The number of hydrogen-bond acceptors (Lipinski definition) is 2. The molecule has 0 saturated heterocycles. The maximum atomic E-state index is 12.2. The molecule has 0 aliphatic rings. The van der Waals surface area contributed by atoms with Crippen LogP contribution in [0.25, 0.3) is 22.0 Å². The van der Waals surface area contributed by atoms with Gasteiger partial charge in [-0.15, -0.1) is 0 Å². The molecule has 2 heterocycles. The largest absolute Gasteiger partial charge is 0.350 e. The Morgan fingerprint density at radius 3 is 2.58 bits per heavy atom. The lowest BCUT2D eigenvalue weighted by Gasteiger charge is -2.01. The molecule has 96 valence electrons. The van der Waals surface area contributed by atoms with E-state index in [4.69, 9.17) is 0 Å². The smallest absolute Gasteiger partial charge is 0.328 e. The first-order valence-corrected chi connectivity index (χ1v) is 5.93. The number of hydrogen-bond donors (Lipinski definition) is 1. The zero-order valence-electron chi connectivity index (χ0n) is 10.7. The second-order valence-electron chi connectivity index (χ2n) is 4.54. The molecule has 0 spiro atoms. The highest BCUT2D eigenvalue weighted by Gasteiger charge is 2.12. The molecule has 2 aromatic heterocycles. The molecule has 0 bridgehead atoms. The standard InChI is InChI=1S/C14H13N3O2/c1-16-8-11(9-5-3-4-6-12(9)16)10-7-15-14(19)17(2)13(10)18/h3-8H,1-2H3,(H,15,19). The van der Waals surface area contributed by atoms with Crippen molar-refractivity contribution in [2.24, 2.45) is 14.1 Å². The number of nitrogens with zero attached hydrogens (tertiary/aromatic N) is 2. The molecule has 0 aliphatic carbocycles. The summed E-state index contributed by atoms with van der Waals surface area (Å²) in [6.45, 7) is 0. The zero-order chi connectivity index (χ0) is 13.6. The van der Waals surface area contributed by atoms with Gasteiger partial charge in [0.2, 0.25) is 0 Å². The topological polar surface area (TPSA) is 59.8 Å². The maximum absolute atomic E-state index is 12.2. The Morgan fingerprint density at radius 1 is 1.05 bits per heavy atom. The SMILES string of the molecule is Cn1c(=O)[nH]cc(-c2cn(C)c3ccccc23)c1=O. The van der Waals surface area contributed by atoms with Gasteiger partial charge >= 0.3 is 5.69 Å². The third kappa shape index (κ3) is 1.62. The number of aromatic nitrogens is 3. The van der Waals surface area contributed by atoms with Crippen molar-refractivity contribution in [1.29, 1.82) is 0 Å². The van der Waals surface area contributed by atoms with Crippen molar-refractivity contribution in [2.45, 2.75) is 0 Å². The molecule has 19 heavy (non-hydrogen) atoms. The number of fused-ring (bicyclic) bond motifs is 1. The molecule has 5 nitrogen and oxygen atoms in total. The minimum atomic E-state index is -0.408. The molecule has 0 atom stereocenters. The van der Waals surface area contributed by atoms with Gasteiger partial charge in [0.05, 0.1) is 5.56 Å². The molecule has 3 aromatic rings. The fourth-order valence-corrected chi connectivity index (χ4v) is 2.31. The van der Waals surface area contributed by atoms with Crippen LogP contribution in [0.15, 0.2) is 46.2 Å². The monoisotopic (exact) mass is 255 g/mol. The van der Waals surface area contributed by atoms with Gasteiger partial charge in [-0.05, 0) is 6.07 Å². The number of nitrogens with one attached hydrogen (secondary N) is 1. The number of benzene rings is 1. The molecule has 1 N–H and O–H groups in total. The van der Waals surface area contributed by atoms with E-state index >= 15 is 0 Å². The van der Waals surface area contributed by atoms with Crippen molar-refractivity contribution in [3.8, 4) is 11.1 Å². The lowest BCUT2D eigenvalue weighted by Crippen LogP contribution is -2.32. The van der Waals surface area contributed by atoms with E-state index < -0.39 is 5.69 Å². The predicted molar refractivity (Wildman–Crippen MR) is 74.2 cm³/mol. The van der Waals surface area contributed by atoms with Gasteiger partial charge in [-0.3, -0.25) is 9.36 Å². The number of aromatic amines is 1. The van der Waals surface area contributed by atoms with Crippen LogP contribution in [0.3, 0.4) is 0 Å². The molecule has 0 saturated carbocycles. The van der Waals surface area contributed by atoms with Crippen molar-refractivity contribution in [3.05, 3.63) is 57.5 Å². The first-order valence-electron chi connectivity index (χ1n) is 5.93. The van der Waals surface area contributed by atoms with Crippen molar-refractivity contribution in [1.82, 2.24) is 14.1 Å². The highest BCUT2D eigenvalue weighted by Crippen LogP contribution is 2.27. The van der Waals surface area contributed by atoms with Gasteiger partial charge in [0.1, 0.15) is 0 Å². The lowest BCUT2D eigenvalue weighted by atomic mass is 10.1. The van der Waals surface area contributed by atoms with E-state index in [2.05, 4.69) is 4.98 Å². The van der Waals surface area contributed by atoms with Gasteiger partial charge in [0.15, 0.2) is 0 Å². The average Bonchev–Trinajstić information content (AvgIpc) is 2.74. The number of rotatable bonds is 1. The molecule has 0 fully saturated rings. The number of H-pyrrole nitrogens is 1. The maximum Gasteiger partial charge on any atom is 0.328 e. The fourth-order valence-electron chi connectivity index (χ4n) is 2.31. The third-order valence-electron chi connectivity index (χ3n) is 3.37. The molecule has 1 aromatic carbocycles. The van der Waals surface area contributed by atoms with Crippen LogP contribution in [-0.2, 0) is 14.1 Å². The Kier molecular flexibility index (Phi) is 2.41. The fraction of sp³-hybridized carbons (Fsp3) is 0.143. The van der Waals surface area contributed by atoms with Gasteiger partial charge in [-0.2, -0.15) is 0 Å². The second kappa shape index (κ2) is 3.98. The molecule has 0 radical (unpaired) electrons. The summed E-state index contributed by atoms with van der Waals surface area (Å²) in [6, 6.07) is 7.85. The molecule has 0 unspecified atom stereocenters. The average molecular weight is 255 g/mol. The first-order chi connectivity index (χ1) is 9.09. The lowest BCUT2D eigenvalue weighted by molar-refractivity contribution is 0.778. The van der Waals surface area contributed by atoms with Crippen LogP contribution in [-0.4, -0.2) is 14.1 Å². The second-order valence-corrected chi connectivity index (χ2v) is 4.54. The minimum absolute atomic E-state index is 0.292. The summed E-state index contributed by atoms with van der Waals surface area (Å²) in [6.07, 6.45) is 3.38. The van der Waals surface area contributed by atoms with Crippen LogP contribution >= 0.6 is 0 Å². The van der Waals surface area contributed by atoms with Crippen LogP contribution in [0.5, 0.6) is 0 Å². The summed E-state index contributed by atoms with van der Waals surface area (Å²) in [5.74, 6) is 0. The Morgan fingerprint density at radius 2 is 1.79 bits per heavy atom. The molecular formula is C14H13N3O2. The highest BCUT2D eigenvalue weighted by atomic mass is 16.2. The molecule has 0 aliphatic heterocycles. The van der Waals surface area contributed by atoms with Crippen molar-refractivity contribution >= 4 is 10.9 Å². The Hall–Kier alpha value is -2.56. The van der Waals surface area contributed by atoms with E-state index in [1.807, 2.05) is 42.1 Å². The van der Waals surface area contributed by atoms with Gasteiger partial charge in [0, 0.05) is 43.0 Å². The Bertz CT molecular complexity index is 884. The summed E-state index contributed by atoms with van der Waals surface area (Å²) in [5, 5.41) is 0.995. The summed E-state index contributed by atoms with van der Waals surface area (Å²) in [7, 11) is 3.40. The van der Waals surface area contributed by atoms with Gasteiger partial charge in [-0.1, -0.05) is 18.2 Å². The summed E-state index contributed by atoms with van der Waals surface area (Å²) >= 11 is 0. The van der Waals surface area contributed by atoms with Crippen molar-refractivity contribution < 1.29 is 0 Å². The van der Waals surface area contributed by atoms with E-state index in [9.17, 15) is 9.59 Å². The summed E-state index contributed by atoms with van der Waals surface area (Å²) < 4.78 is 3.05. The third-order valence-corrected chi connectivity index (χ3v) is 3.37. The van der Waals surface area contributed by atoms with Gasteiger partial charge in [-0.25, -0.2) is 4.79 Å². The van der Waals surface area contributed by atoms with Crippen molar-refractivity contribution in [3.63, 3.8) is 0 Å². The molecule has 3 rings (SSSR count). The molecule has 5 heteroatoms. The van der Waals surface area contributed by atoms with Gasteiger partial charge < -0.3 is 9.55 Å². The number of aryl methyl sites for hydroxylation is 1. The minimum Gasteiger partial charge on any atom is -0.350 e. The van der Waals surface area contributed by atoms with E-state index in [-0.39, 0.29) is 5.56 Å². The van der Waals surface area contributed by atoms with E-state index in [0.29, 0.717) is 5.56 Å². The first kappa shape index (κ1) is 11.5. The predicted octanol–water partition coefficient (Wildman–Crippen LogP) is 1.23. The van der Waals surface area contributed by atoms with Gasteiger partial charge in [0.25, 0.3) is 5.56 Å². The molecule has 0 amide bonds. The highest BCUT2D eigenvalue weighted by molar-refractivity contribution is 5.95. The summed E-state index contributed by atoms with van der Waals surface area (Å²) in [5.41, 5.74) is 1.67. The van der Waals surface area contributed by atoms with Crippen LogP contribution in [0.1, 0.15) is 0 Å². The van der Waals surface area contributed by atoms with E-state index in [1.54, 1.807) is 0 Å². The Balaban J connectivity index is 2.41. The van der Waals surface area contributed by atoms with E-state index in [0.717, 1.165) is 21.0 Å². The summed E-state index contributed by atoms with van der Waals surface area (Å²) in [4.78, 5) is 26.2. The van der Waals surface area contributed by atoms with Crippen LogP contribution in [0, 0.1) is 0 Å². The zero-order valence-corrected chi connectivity index (χ0v) is 10.7. The van der Waals surface area contributed by atoms with Crippen LogP contribution < -0.4 is 11.2 Å². The van der Waals surface area contributed by atoms with Crippen molar-refractivity contribution in [2.75, 3.05) is 0 Å². The normalized spacial score (nSPS) is 11.1. The number of para-hydroxylation sites is 1.